The summed E-state index contributed by atoms with van der Waals surface area (Å²) in [5.41, 5.74) is 5.36. The Morgan fingerprint density at radius 2 is 1.11 bits per heavy atom. The number of carbonyl (C=O) groups is 1. The van der Waals surface area contributed by atoms with Crippen LogP contribution in [0.3, 0.4) is 0 Å². The Morgan fingerprint density at radius 1 is 0.737 bits per heavy atom. The molecule has 7 heteroatoms. The standard InChI is InChI=1S/C12H30N6O/c1-12(19)18-11-10-17-9-8-16-7-6-15-5-4-14-3-2-13/h14-17H,2-11,13H2,1H3,(H,18,19). The molecule has 0 heterocycles. The largest absolute Gasteiger partial charge is 0.355 e. The third kappa shape index (κ3) is 17.3. The van der Waals surface area contributed by atoms with Crippen LogP contribution in [0.15, 0.2) is 0 Å². The SMILES string of the molecule is CC(=O)NCCNCCNCCNCCNCCN. The number of rotatable bonds is 14. The summed E-state index contributed by atoms with van der Waals surface area (Å²) in [4.78, 5) is 10.6. The lowest BCUT2D eigenvalue weighted by molar-refractivity contribution is -0.118. The van der Waals surface area contributed by atoms with Gasteiger partial charge in [-0.1, -0.05) is 0 Å². The van der Waals surface area contributed by atoms with E-state index in [2.05, 4.69) is 26.6 Å². The van der Waals surface area contributed by atoms with Crippen LogP contribution in [0.2, 0.25) is 0 Å². The van der Waals surface area contributed by atoms with E-state index in [4.69, 9.17) is 5.73 Å². The molecule has 0 aromatic heterocycles. The van der Waals surface area contributed by atoms with E-state index in [1.165, 1.54) is 6.92 Å². The maximum atomic E-state index is 10.6. The number of hydrogen-bond donors (Lipinski definition) is 6. The van der Waals surface area contributed by atoms with Crippen molar-refractivity contribution in [3.8, 4) is 0 Å². The van der Waals surface area contributed by atoms with E-state index >= 15 is 0 Å². The molecular weight excluding hydrogens is 244 g/mol. The van der Waals surface area contributed by atoms with Crippen LogP contribution in [0, 0.1) is 0 Å². The van der Waals surface area contributed by atoms with E-state index in [-0.39, 0.29) is 5.91 Å². The summed E-state index contributed by atoms with van der Waals surface area (Å²) in [6, 6.07) is 0. The zero-order valence-corrected chi connectivity index (χ0v) is 12.1. The minimum absolute atomic E-state index is 0.0203. The summed E-state index contributed by atoms with van der Waals surface area (Å²) in [7, 11) is 0. The molecule has 0 aliphatic rings. The number of amides is 1. The van der Waals surface area contributed by atoms with Gasteiger partial charge in [0.05, 0.1) is 0 Å². The van der Waals surface area contributed by atoms with Crippen molar-refractivity contribution in [2.45, 2.75) is 6.92 Å². The second-order valence-corrected chi connectivity index (χ2v) is 4.27. The van der Waals surface area contributed by atoms with Crippen molar-refractivity contribution in [3.63, 3.8) is 0 Å². The molecule has 0 spiro atoms. The predicted octanol–water partition coefficient (Wildman–Crippen LogP) is -2.56. The average molecular weight is 274 g/mol. The lowest BCUT2D eigenvalue weighted by atomic mass is 10.5. The average Bonchev–Trinajstić information content (AvgIpc) is 2.39. The van der Waals surface area contributed by atoms with Gasteiger partial charge in [-0.05, 0) is 0 Å². The minimum Gasteiger partial charge on any atom is -0.355 e. The van der Waals surface area contributed by atoms with Crippen LogP contribution < -0.4 is 32.3 Å². The summed E-state index contributed by atoms with van der Waals surface area (Å²) in [6.07, 6.45) is 0. The van der Waals surface area contributed by atoms with Crippen molar-refractivity contribution in [1.82, 2.24) is 26.6 Å². The summed E-state index contributed by atoms with van der Waals surface area (Å²) in [6.45, 7) is 10.3. The Labute approximate surface area is 116 Å². The lowest BCUT2D eigenvalue weighted by Gasteiger charge is -2.08. The molecule has 19 heavy (non-hydrogen) atoms. The van der Waals surface area contributed by atoms with E-state index in [9.17, 15) is 4.79 Å². The Hall–Kier alpha value is -0.730. The number of hydrogen-bond acceptors (Lipinski definition) is 6. The first kappa shape index (κ1) is 18.3. The normalized spacial score (nSPS) is 10.6. The highest BCUT2D eigenvalue weighted by molar-refractivity contribution is 5.72. The monoisotopic (exact) mass is 274 g/mol. The van der Waals surface area contributed by atoms with E-state index in [1.807, 2.05) is 0 Å². The fourth-order valence-electron chi connectivity index (χ4n) is 1.46. The van der Waals surface area contributed by atoms with Crippen molar-refractivity contribution in [3.05, 3.63) is 0 Å². The third-order valence-corrected chi connectivity index (χ3v) is 2.43. The molecule has 0 rings (SSSR count). The zero-order valence-electron chi connectivity index (χ0n) is 12.1. The molecule has 0 aliphatic carbocycles. The highest BCUT2D eigenvalue weighted by Gasteiger charge is 1.91. The Balaban J connectivity index is 2.93. The molecule has 0 unspecified atom stereocenters. The molecule has 0 aromatic rings. The van der Waals surface area contributed by atoms with Gasteiger partial charge in [-0.15, -0.1) is 0 Å². The van der Waals surface area contributed by atoms with Crippen LogP contribution in [0.5, 0.6) is 0 Å². The first-order chi connectivity index (χ1) is 9.27. The Bertz CT molecular complexity index is 203. The van der Waals surface area contributed by atoms with Crippen molar-refractivity contribution in [2.75, 3.05) is 65.4 Å². The maximum absolute atomic E-state index is 10.6. The molecule has 0 atom stereocenters. The highest BCUT2D eigenvalue weighted by atomic mass is 16.1. The van der Waals surface area contributed by atoms with Gasteiger partial charge in [-0.3, -0.25) is 4.79 Å². The second-order valence-electron chi connectivity index (χ2n) is 4.27. The van der Waals surface area contributed by atoms with Crippen LogP contribution in [-0.4, -0.2) is 71.4 Å². The van der Waals surface area contributed by atoms with E-state index in [0.29, 0.717) is 13.1 Å². The number of nitrogens with two attached hydrogens (primary N) is 1. The lowest BCUT2D eigenvalue weighted by Crippen LogP contribution is -2.37. The molecule has 0 saturated carbocycles. The molecule has 1 amide bonds. The predicted molar refractivity (Wildman–Crippen MR) is 79.2 cm³/mol. The fourth-order valence-corrected chi connectivity index (χ4v) is 1.46. The van der Waals surface area contributed by atoms with E-state index in [1.54, 1.807) is 0 Å². The van der Waals surface area contributed by atoms with Crippen LogP contribution in [0.4, 0.5) is 0 Å². The molecular formula is C12H30N6O. The first-order valence-corrected chi connectivity index (χ1v) is 7.04. The molecule has 0 aromatic carbocycles. The highest BCUT2D eigenvalue weighted by Crippen LogP contribution is 1.64. The van der Waals surface area contributed by atoms with Crippen molar-refractivity contribution in [1.29, 1.82) is 0 Å². The molecule has 0 fully saturated rings. The van der Waals surface area contributed by atoms with Crippen LogP contribution >= 0.6 is 0 Å². The van der Waals surface area contributed by atoms with Gasteiger partial charge in [0.25, 0.3) is 0 Å². The van der Waals surface area contributed by atoms with Gasteiger partial charge in [0.2, 0.25) is 5.91 Å². The van der Waals surface area contributed by atoms with E-state index < -0.39 is 0 Å². The maximum Gasteiger partial charge on any atom is 0.216 e. The van der Waals surface area contributed by atoms with Crippen molar-refractivity contribution in [2.24, 2.45) is 5.73 Å². The number of nitrogens with one attached hydrogen (secondary N) is 5. The third-order valence-electron chi connectivity index (χ3n) is 2.43. The van der Waals surface area contributed by atoms with Gasteiger partial charge < -0.3 is 32.3 Å². The first-order valence-electron chi connectivity index (χ1n) is 7.04. The van der Waals surface area contributed by atoms with Gasteiger partial charge in [0, 0.05) is 72.4 Å². The molecule has 0 saturated heterocycles. The van der Waals surface area contributed by atoms with Gasteiger partial charge >= 0.3 is 0 Å². The van der Waals surface area contributed by atoms with Crippen molar-refractivity contribution < 1.29 is 4.79 Å². The Kier molecular flexibility index (Phi) is 14.7. The topological polar surface area (TPSA) is 103 Å². The smallest absolute Gasteiger partial charge is 0.216 e. The fraction of sp³-hybridized carbons (Fsp3) is 0.917. The van der Waals surface area contributed by atoms with Gasteiger partial charge in [-0.2, -0.15) is 0 Å². The summed E-state index contributed by atoms with van der Waals surface area (Å²) >= 11 is 0. The van der Waals surface area contributed by atoms with Gasteiger partial charge in [0.15, 0.2) is 0 Å². The zero-order chi connectivity index (χ0) is 14.2. The van der Waals surface area contributed by atoms with Gasteiger partial charge in [0.1, 0.15) is 0 Å². The molecule has 7 nitrogen and oxygen atoms in total. The summed E-state index contributed by atoms with van der Waals surface area (Å²) < 4.78 is 0. The summed E-state index contributed by atoms with van der Waals surface area (Å²) in [5, 5.41) is 15.9. The van der Waals surface area contributed by atoms with Crippen LogP contribution in [0.25, 0.3) is 0 Å². The summed E-state index contributed by atoms with van der Waals surface area (Å²) in [5.74, 6) is 0.0203. The van der Waals surface area contributed by atoms with Crippen LogP contribution in [-0.2, 0) is 4.79 Å². The molecule has 7 N–H and O–H groups in total. The second kappa shape index (κ2) is 15.3. The van der Waals surface area contributed by atoms with Crippen molar-refractivity contribution >= 4 is 5.91 Å². The van der Waals surface area contributed by atoms with Crippen LogP contribution in [0.1, 0.15) is 6.92 Å². The quantitative estimate of drug-likeness (QED) is 0.195. The molecule has 0 radical (unpaired) electrons. The molecule has 0 bridgehead atoms. The molecule has 0 aliphatic heterocycles. The van der Waals surface area contributed by atoms with Gasteiger partial charge in [-0.25, -0.2) is 0 Å². The van der Waals surface area contributed by atoms with E-state index in [0.717, 1.165) is 52.4 Å². The number of carbonyl (C=O) groups excluding carboxylic acids is 1. The molecule has 114 valence electrons. The minimum atomic E-state index is 0.0203. The Morgan fingerprint density at radius 3 is 1.47 bits per heavy atom.